The minimum absolute atomic E-state index is 0.0170. The molecule has 2 N–H and O–H groups in total. The minimum Gasteiger partial charge on any atom is -0.465 e. The van der Waals surface area contributed by atoms with Crippen molar-refractivity contribution in [1.82, 2.24) is 5.32 Å². The number of hydrogen-bond acceptors (Lipinski definition) is 1. The van der Waals surface area contributed by atoms with E-state index in [4.69, 9.17) is 0 Å². The van der Waals surface area contributed by atoms with Gasteiger partial charge in [-0.1, -0.05) is 30.3 Å². The molecule has 1 spiro atoms. The van der Waals surface area contributed by atoms with Crippen molar-refractivity contribution >= 4 is 6.09 Å². The molecule has 2 aliphatic rings. The molecule has 0 aliphatic heterocycles. The summed E-state index contributed by atoms with van der Waals surface area (Å²) in [5, 5.41) is 11.8. The van der Waals surface area contributed by atoms with Crippen molar-refractivity contribution in [3.63, 3.8) is 0 Å². The number of hydrogen-bond donors (Lipinski definition) is 2. The fraction of sp³-hybridized carbons (Fsp3) is 0.350. The van der Waals surface area contributed by atoms with Crippen molar-refractivity contribution in [3.05, 3.63) is 59.2 Å². The highest BCUT2D eigenvalue weighted by molar-refractivity contribution is 5.68. The highest BCUT2D eigenvalue weighted by Gasteiger charge is 2.52. The molecule has 1 unspecified atom stereocenters. The second-order valence-electron chi connectivity index (χ2n) is 7.24. The van der Waals surface area contributed by atoms with Crippen LogP contribution >= 0.6 is 0 Å². The number of amides is 1. The van der Waals surface area contributed by atoms with Crippen molar-refractivity contribution in [2.24, 2.45) is 5.41 Å². The smallest absolute Gasteiger partial charge is 0.416 e. The number of rotatable bonds is 2. The zero-order valence-electron chi connectivity index (χ0n) is 13.9. The standard InChI is InChI=1S/C20H18F3NO2/c21-20(22,23)15-3-1-2-12(11-15)13-4-5-16-14(10-13)6-7-19(8-9-19)17(16)24-18(25)26/h1-5,10-11,17,24H,6-9H2,(H,25,26). The second kappa shape index (κ2) is 5.76. The monoisotopic (exact) mass is 361 g/mol. The lowest BCUT2D eigenvalue weighted by molar-refractivity contribution is -0.137. The maximum absolute atomic E-state index is 13.0. The maximum atomic E-state index is 13.0. The Hall–Kier alpha value is -2.50. The van der Waals surface area contributed by atoms with Gasteiger partial charge in [0.2, 0.25) is 0 Å². The normalized spacial score (nSPS) is 20.5. The molecule has 0 heterocycles. The molecule has 2 aromatic rings. The van der Waals surface area contributed by atoms with Gasteiger partial charge in [0, 0.05) is 0 Å². The number of carbonyl (C=O) groups is 1. The number of benzene rings is 2. The zero-order valence-corrected chi connectivity index (χ0v) is 13.9. The van der Waals surface area contributed by atoms with Gasteiger partial charge in [0.15, 0.2) is 0 Å². The molecule has 6 heteroatoms. The van der Waals surface area contributed by atoms with E-state index in [0.717, 1.165) is 54.5 Å². The molecule has 0 saturated heterocycles. The quantitative estimate of drug-likeness (QED) is 0.752. The lowest BCUT2D eigenvalue weighted by Gasteiger charge is -2.34. The molecule has 4 rings (SSSR count). The van der Waals surface area contributed by atoms with Gasteiger partial charge >= 0.3 is 12.3 Å². The van der Waals surface area contributed by atoms with E-state index in [2.05, 4.69) is 5.32 Å². The van der Waals surface area contributed by atoms with Crippen LogP contribution in [0.4, 0.5) is 18.0 Å². The van der Waals surface area contributed by atoms with Gasteiger partial charge < -0.3 is 10.4 Å². The van der Waals surface area contributed by atoms with E-state index in [1.54, 1.807) is 12.1 Å². The molecule has 1 fully saturated rings. The molecule has 0 aromatic heterocycles. The molecule has 136 valence electrons. The highest BCUT2D eigenvalue weighted by atomic mass is 19.4. The average Bonchev–Trinajstić information content (AvgIpc) is 3.37. The van der Waals surface area contributed by atoms with Gasteiger partial charge in [-0.25, -0.2) is 4.79 Å². The third kappa shape index (κ3) is 2.93. The van der Waals surface area contributed by atoms with E-state index in [9.17, 15) is 23.1 Å². The van der Waals surface area contributed by atoms with Crippen LogP contribution < -0.4 is 5.32 Å². The Labute approximate surface area is 148 Å². The summed E-state index contributed by atoms with van der Waals surface area (Å²) < 4.78 is 38.9. The Balaban J connectivity index is 1.71. The maximum Gasteiger partial charge on any atom is 0.416 e. The average molecular weight is 361 g/mol. The molecular formula is C20H18F3NO2. The van der Waals surface area contributed by atoms with E-state index in [1.807, 2.05) is 12.1 Å². The SMILES string of the molecule is O=C(O)NC1c2ccc(-c3cccc(C(F)(F)F)c3)cc2CCC12CC2. The van der Waals surface area contributed by atoms with Crippen molar-refractivity contribution in [2.45, 2.75) is 37.9 Å². The van der Waals surface area contributed by atoms with Crippen LogP contribution in [-0.4, -0.2) is 11.2 Å². The van der Waals surface area contributed by atoms with E-state index in [-0.39, 0.29) is 11.5 Å². The Morgan fingerprint density at radius 1 is 1.08 bits per heavy atom. The molecule has 1 saturated carbocycles. The summed E-state index contributed by atoms with van der Waals surface area (Å²) in [7, 11) is 0. The minimum atomic E-state index is -4.38. The summed E-state index contributed by atoms with van der Waals surface area (Å²) in [4.78, 5) is 11.2. The van der Waals surface area contributed by atoms with Gasteiger partial charge in [-0.3, -0.25) is 0 Å². The lowest BCUT2D eigenvalue weighted by atomic mass is 9.76. The summed E-state index contributed by atoms with van der Waals surface area (Å²) in [6, 6.07) is 10.6. The Bertz CT molecular complexity index is 872. The summed E-state index contributed by atoms with van der Waals surface area (Å²) in [6.07, 6.45) is -1.69. The predicted molar refractivity (Wildman–Crippen MR) is 90.8 cm³/mol. The van der Waals surface area contributed by atoms with Crippen molar-refractivity contribution in [1.29, 1.82) is 0 Å². The van der Waals surface area contributed by atoms with Crippen molar-refractivity contribution < 1.29 is 23.1 Å². The van der Waals surface area contributed by atoms with Gasteiger partial charge in [-0.05, 0) is 65.5 Å². The van der Waals surface area contributed by atoms with E-state index in [0.29, 0.717) is 5.56 Å². The highest BCUT2D eigenvalue weighted by Crippen LogP contribution is 2.61. The molecule has 3 nitrogen and oxygen atoms in total. The van der Waals surface area contributed by atoms with Gasteiger partial charge in [0.05, 0.1) is 11.6 Å². The number of aryl methyl sites for hydroxylation is 1. The molecule has 0 radical (unpaired) electrons. The molecule has 26 heavy (non-hydrogen) atoms. The van der Waals surface area contributed by atoms with Gasteiger partial charge in [-0.2, -0.15) is 13.2 Å². The van der Waals surface area contributed by atoms with Gasteiger partial charge in [0.25, 0.3) is 0 Å². The number of fused-ring (bicyclic) bond motifs is 1. The topological polar surface area (TPSA) is 49.3 Å². The first-order valence-electron chi connectivity index (χ1n) is 8.58. The van der Waals surface area contributed by atoms with E-state index >= 15 is 0 Å². The van der Waals surface area contributed by atoms with Crippen LogP contribution in [0.3, 0.4) is 0 Å². The predicted octanol–water partition coefficient (Wildman–Crippen LogP) is 5.41. The molecule has 2 aromatic carbocycles. The number of carboxylic acid groups (broad SMARTS) is 1. The summed E-state index contributed by atoms with van der Waals surface area (Å²) >= 11 is 0. The number of alkyl halides is 3. The molecule has 1 amide bonds. The van der Waals surface area contributed by atoms with Crippen LogP contribution in [0, 0.1) is 5.41 Å². The van der Waals surface area contributed by atoms with Gasteiger partial charge in [-0.15, -0.1) is 0 Å². The van der Waals surface area contributed by atoms with Crippen LogP contribution in [0.1, 0.15) is 42.0 Å². The summed E-state index contributed by atoms with van der Waals surface area (Å²) in [5.74, 6) is 0. The van der Waals surface area contributed by atoms with Crippen LogP contribution in [0.25, 0.3) is 11.1 Å². The van der Waals surface area contributed by atoms with Crippen LogP contribution in [0.2, 0.25) is 0 Å². The Kier molecular flexibility index (Phi) is 3.75. The third-order valence-corrected chi connectivity index (χ3v) is 5.64. The Morgan fingerprint density at radius 3 is 2.46 bits per heavy atom. The lowest BCUT2D eigenvalue weighted by Crippen LogP contribution is -2.36. The first-order chi connectivity index (χ1) is 12.3. The Morgan fingerprint density at radius 2 is 1.81 bits per heavy atom. The largest absolute Gasteiger partial charge is 0.465 e. The summed E-state index contributed by atoms with van der Waals surface area (Å²) in [6.45, 7) is 0. The first kappa shape index (κ1) is 16.9. The molecular weight excluding hydrogens is 343 g/mol. The van der Waals surface area contributed by atoms with Crippen molar-refractivity contribution in [3.8, 4) is 11.1 Å². The third-order valence-electron chi connectivity index (χ3n) is 5.64. The van der Waals surface area contributed by atoms with Crippen LogP contribution in [0.15, 0.2) is 42.5 Å². The van der Waals surface area contributed by atoms with E-state index < -0.39 is 17.8 Å². The number of halogens is 3. The molecule has 2 aliphatic carbocycles. The van der Waals surface area contributed by atoms with Gasteiger partial charge in [0.1, 0.15) is 0 Å². The van der Waals surface area contributed by atoms with E-state index in [1.165, 1.54) is 6.07 Å². The molecule has 1 atom stereocenters. The zero-order chi connectivity index (χ0) is 18.5. The fourth-order valence-corrected chi connectivity index (χ4v) is 4.07. The van der Waals surface area contributed by atoms with Crippen LogP contribution in [0.5, 0.6) is 0 Å². The van der Waals surface area contributed by atoms with Crippen LogP contribution in [-0.2, 0) is 12.6 Å². The number of nitrogens with one attached hydrogen (secondary N) is 1. The second-order valence-corrected chi connectivity index (χ2v) is 7.24. The fourth-order valence-electron chi connectivity index (χ4n) is 4.07. The first-order valence-corrected chi connectivity index (χ1v) is 8.58. The van der Waals surface area contributed by atoms with Crippen molar-refractivity contribution in [2.75, 3.05) is 0 Å². The summed E-state index contributed by atoms with van der Waals surface area (Å²) in [5.41, 5.74) is 2.54. The molecule has 0 bridgehead atoms.